The van der Waals surface area contributed by atoms with Crippen LogP contribution in [0.3, 0.4) is 0 Å². The lowest BCUT2D eigenvalue weighted by Crippen LogP contribution is -2.17. The van der Waals surface area contributed by atoms with Crippen LogP contribution in [0.4, 0.5) is 0 Å². The van der Waals surface area contributed by atoms with E-state index in [9.17, 15) is 0 Å². The van der Waals surface area contributed by atoms with E-state index in [1.54, 1.807) is 7.11 Å². The Bertz CT molecular complexity index is 353. The molecule has 1 aromatic carbocycles. The molecule has 0 spiro atoms. The van der Waals surface area contributed by atoms with Gasteiger partial charge in [-0.3, -0.25) is 0 Å². The second-order valence-corrected chi connectivity index (χ2v) is 4.59. The van der Waals surface area contributed by atoms with Gasteiger partial charge in [0.25, 0.3) is 0 Å². The second kappa shape index (κ2) is 10.7. The van der Waals surface area contributed by atoms with Crippen molar-refractivity contribution in [2.75, 3.05) is 40.6 Å². The van der Waals surface area contributed by atoms with Crippen LogP contribution in [0, 0.1) is 0 Å². The molecule has 4 nitrogen and oxygen atoms in total. The largest absolute Gasteiger partial charge is 0.491 e. The quantitative estimate of drug-likeness (QED) is 0.633. The molecule has 0 fully saturated rings. The summed E-state index contributed by atoms with van der Waals surface area (Å²) < 4.78 is 16.3. The zero-order chi connectivity index (χ0) is 14.6. The monoisotopic (exact) mass is 281 g/mol. The molecule has 0 aromatic heterocycles. The second-order valence-electron chi connectivity index (χ2n) is 4.59. The summed E-state index contributed by atoms with van der Waals surface area (Å²) in [5, 5.41) is 3.31. The van der Waals surface area contributed by atoms with Gasteiger partial charge in [0.1, 0.15) is 12.4 Å². The van der Waals surface area contributed by atoms with Crippen LogP contribution >= 0.6 is 0 Å². The standard InChI is InChI=1S/C16H27NO3/c1-4-15(17-2)14-8-5-6-9-16(14)20-13-12-19-11-7-10-18-3/h5-6,8-9,15,17H,4,7,10-13H2,1-3H3. The lowest BCUT2D eigenvalue weighted by Gasteiger charge is -2.18. The molecule has 1 rings (SSSR count). The maximum Gasteiger partial charge on any atom is 0.124 e. The number of rotatable bonds is 11. The summed E-state index contributed by atoms with van der Waals surface area (Å²) in [5.74, 6) is 0.939. The summed E-state index contributed by atoms with van der Waals surface area (Å²) in [6, 6.07) is 8.50. The van der Waals surface area contributed by atoms with Gasteiger partial charge in [0.05, 0.1) is 6.61 Å². The van der Waals surface area contributed by atoms with E-state index in [0.717, 1.165) is 25.2 Å². The Morgan fingerprint density at radius 1 is 1.10 bits per heavy atom. The number of ether oxygens (including phenoxy) is 3. The summed E-state index contributed by atoms with van der Waals surface area (Å²) >= 11 is 0. The first-order valence-electron chi connectivity index (χ1n) is 7.29. The molecule has 0 saturated heterocycles. The Morgan fingerprint density at radius 3 is 2.60 bits per heavy atom. The summed E-state index contributed by atoms with van der Waals surface area (Å²) in [4.78, 5) is 0. The molecular formula is C16H27NO3. The van der Waals surface area contributed by atoms with Crippen molar-refractivity contribution in [1.82, 2.24) is 5.32 Å². The first-order valence-corrected chi connectivity index (χ1v) is 7.29. The van der Waals surface area contributed by atoms with Gasteiger partial charge in [-0.15, -0.1) is 0 Å². The molecule has 0 aliphatic heterocycles. The van der Waals surface area contributed by atoms with Crippen molar-refractivity contribution in [2.24, 2.45) is 0 Å². The van der Waals surface area contributed by atoms with Crippen molar-refractivity contribution < 1.29 is 14.2 Å². The maximum atomic E-state index is 5.83. The van der Waals surface area contributed by atoms with E-state index in [1.807, 2.05) is 25.2 Å². The number of nitrogens with one attached hydrogen (secondary N) is 1. The van der Waals surface area contributed by atoms with Crippen molar-refractivity contribution in [3.05, 3.63) is 29.8 Å². The normalized spacial score (nSPS) is 12.3. The molecular weight excluding hydrogens is 254 g/mol. The lowest BCUT2D eigenvalue weighted by atomic mass is 10.0. The molecule has 1 aromatic rings. The molecule has 0 radical (unpaired) electrons. The molecule has 0 amide bonds. The summed E-state index contributed by atoms with van der Waals surface area (Å²) in [6.07, 6.45) is 1.95. The van der Waals surface area contributed by atoms with Crippen molar-refractivity contribution >= 4 is 0 Å². The summed E-state index contributed by atoms with van der Waals surface area (Å²) in [7, 11) is 3.68. The van der Waals surface area contributed by atoms with E-state index in [4.69, 9.17) is 14.2 Å². The van der Waals surface area contributed by atoms with E-state index in [-0.39, 0.29) is 0 Å². The minimum Gasteiger partial charge on any atom is -0.491 e. The van der Waals surface area contributed by atoms with Crippen LogP contribution in [0.5, 0.6) is 5.75 Å². The number of methoxy groups -OCH3 is 1. The average molecular weight is 281 g/mol. The first-order chi connectivity index (χ1) is 9.83. The zero-order valence-corrected chi connectivity index (χ0v) is 12.9. The highest BCUT2D eigenvalue weighted by atomic mass is 16.5. The van der Waals surface area contributed by atoms with Crippen molar-refractivity contribution in [1.29, 1.82) is 0 Å². The van der Waals surface area contributed by atoms with Crippen LogP contribution in [0.25, 0.3) is 0 Å². The minimum atomic E-state index is 0.328. The van der Waals surface area contributed by atoms with Gasteiger partial charge in [-0.05, 0) is 26.0 Å². The smallest absolute Gasteiger partial charge is 0.124 e. The maximum absolute atomic E-state index is 5.83. The van der Waals surface area contributed by atoms with E-state index in [2.05, 4.69) is 18.3 Å². The van der Waals surface area contributed by atoms with Crippen LogP contribution in [-0.4, -0.2) is 40.6 Å². The van der Waals surface area contributed by atoms with Crippen LogP contribution in [0.15, 0.2) is 24.3 Å². The fraction of sp³-hybridized carbons (Fsp3) is 0.625. The predicted octanol–water partition coefficient (Wildman–Crippen LogP) is 2.79. The number of para-hydroxylation sites is 1. The Hall–Kier alpha value is -1.10. The third-order valence-electron chi connectivity index (χ3n) is 3.17. The van der Waals surface area contributed by atoms with Gasteiger partial charge in [-0.2, -0.15) is 0 Å². The van der Waals surface area contributed by atoms with Crippen molar-refractivity contribution in [2.45, 2.75) is 25.8 Å². The average Bonchev–Trinajstić information content (AvgIpc) is 2.49. The summed E-state index contributed by atoms with van der Waals surface area (Å²) in [5.41, 5.74) is 1.21. The van der Waals surface area contributed by atoms with Gasteiger partial charge in [0.15, 0.2) is 0 Å². The molecule has 1 unspecified atom stereocenters. The fourth-order valence-electron chi connectivity index (χ4n) is 2.10. The SMILES string of the molecule is CCC(NC)c1ccccc1OCCOCCCOC. The predicted molar refractivity (Wildman–Crippen MR) is 81.3 cm³/mol. The van der Waals surface area contributed by atoms with Crippen LogP contribution in [0.1, 0.15) is 31.4 Å². The highest BCUT2D eigenvalue weighted by Crippen LogP contribution is 2.26. The third-order valence-corrected chi connectivity index (χ3v) is 3.17. The molecule has 0 aliphatic carbocycles. The molecule has 0 saturated carbocycles. The number of hydrogen-bond donors (Lipinski definition) is 1. The van der Waals surface area contributed by atoms with Gasteiger partial charge < -0.3 is 19.5 Å². The topological polar surface area (TPSA) is 39.7 Å². The Labute approximate surface area is 122 Å². The molecule has 20 heavy (non-hydrogen) atoms. The van der Waals surface area contributed by atoms with E-state index in [1.165, 1.54) is 5.56 Å². The Kier molecular flexibility index (Phi) is 9.04. The Morgan fingerprint density at radius 2 is 1.90 bits per heavy atom. The van der Waals surface area contributed by atoms with E-state index < -0.39 is 0 Å². The van der Waals surface area contributed by atoms with E-state index >= 15 is 0 Å². The van der Waals surface area contributed by atoms with Gasteiger partial charge in [0.2, 0.25) is 0 Å². The number of hydrogen-bond acceptors (Lipinski definition) is 4. The molecule has 1 N–H and O–H groups in total. The lowest BCUT2D eigenvalue weighted by molar-refractivity contribution is 0.0803. The third kappa shape index (κ3) is 5.90. The highest BCUT2D eigenvalue weighted by molar-refractivity contribution is 5.35. The van der Waals surface area contributed by atoms with Crippen molar-refractivity contribution in [3.8, 4) is 5.75 Å². The Balaban J connectivity index is 2.36. The molecule has 4 heteroatoms. The molecule has 0 aliphatic rings. The zero-order valence-electron chi connectivity index (χ0n) is 12.9. The first kappa shape index (κ1) is 17.0. The highest BCUT2D eigenvalue weighted by Gasteiger charge is 2.11. The van der Waals surface area contributed by atoms with E-state index in [0.29, 0.717) is 25.9 Å². The summed E-state index contributed by atoms with van der Waals surface area (Å²) in [6.45, 7) is 4.80. The van der Waals surface area contributed by atoms with Gasteiger partial charge in [0, 0.05) is 31.9 Å². The van der Waals surface area contributed by atoms with Crippen molar-refractivity contribution in [3.63, 3.8) is 0 Å². The van der Waals surface area contributed by atoms with Gasteiger partial charge in [-0.1, -0.05) is 25.1 Å². The minimum absolute atomic E-state index is 0.328. The van der Waals surface area contributed by atoms with Crippen LogP contribution in [0.2, 0.25) is 0 Å². The van der Waals surface area contributed by atoms with Crippen LogP contribution < -0.4 is 10.1 Å². The molecule has 0 heterocycles. The molecule has 114 valence electrons. The van der Waals surface area contributed by atoms with Gasteiger partial charge >= 0.3 is 0 Å². The fourth-order valence-corrected chi connectivity index (χ4v) is 2.10. The van der Waals surface area contributed by atoms with Gasteiger partial charge in [-0.25, -0.2) is 0 Å². The van der Waals surface area contributed by atoms with Crippen LogP contribution in [-0.2, 0) is 9.47 Å². The molecule has 1 atom stereocenters. The number of benzene rings is 1. The molecule has 0 bridgehead atoms.